The van der Waals surface area contributed by atoms with E-state index in [1.807, 2.05) is 32.0 Å². The van der Waals surface area contributed by atoms with Crippen LogP contribution in [0.1, 0.15) is 75.4 Å². The first kappa shape index (κ1) is 47.6. The first-order chi connectivity index (χ1) is 31.9. The van der Waals surface area contributed by atoms with E-state index in [-0.39, 0.29) is 47.2 Å². The number of amides is 3. The second-order valence-electron chi connectivity index (χ2n) is 16.4. The van der Waals surface area contributed by atoms with E-state index in [1.165, 1.54) is 18.3 Å². The Bertz CT molecular complexity index is 2570. The van der Waals surface area contributed by atoms with Gasteiger partial charge in [0.1, 0.15) is 11.5 Å². The largest absolute Gasteiger partial charge is 0.377 e. The summed E-state index contributed by atoms with van der Waals surface area (Å²) in [4.78, 5) is 87.0. The molecule has 4 aromatic heterocycles. The van der Waals surface area contributed by atoms with Crippen molar-refractivity contribution in [1.82, 2.24) is 40.0 Å². The molecule has 5 N–H and O–H groups in total. The van der Waals surface area contributed by atoms with Gasteiger partial charge in [0.25, 0.3) is 11.5 Å². The lowest BCUT2D eigenvalue weighted by Gasteiger charge is -2.35. The van der Waals surface area contributed by atoms with Crippen molar-refractivity contribution < 1.29 is 28.7 Å². The Hall–Kier alpha value is -6.35. The Morgan fingerprint density at radius 1 is 0.833 bits per heavy atom. The van der Waals surface area contributed by atoms with Crippen LogP contribution in [0.25, 0.3) is 11.0 Å². The van der Waals surface area contributed by atoms with Crippen molar-refractivity contribution in [2.45, 2.75) is 59.4 Å². The Balaban J connectivity index is 0.729. The molecule has 7 rings (SSSR count). The molecule has 0 radical (unpaired) electrons. The van der Waals surface area contributed by atoms with Gasteiger partial charge in [-0.2, -0.15) is 4.98 Å². The highest BCUT2D eigenvalue weighted by molar-refractivity contribution is 7.15. The molecule has 3 amide bonds. The summed E-state index contributed by atoms with van der Waals surface area (Å²) in [6.07, 6.45) is 8.98. The number of piperazine rings is 1. The number of benzene rings is 1. The molecule has 19 nitrogen and oxygen atoms in total. The molecule has 1 saturated carbocycles. The maximum absolute atomic E-state index is 13.6. The van der Waals surface area contributed by atoms with Gasteiger partial charge >= 0.3 is 0 Å². The van der Waals surface area contributed by atoms with Crippen molar-refractivity contribution in [3.05, 3.63) is 86.4 Å². The number of pyridine rings is 2. The van der Waals surface area contributed by atoms with Crippen LogP contribution in [0.3, 0.4) is 0 Å². The minimum atomic E-state index is -0.288. The number of fused-ring (bicyclic) bond motifs is 1. The van der Waals surface area contributed by atoms with Crippen molar-refractivity contribution in [2.24, 2.45) is 0 Å². The summed E-state index contributed by atoms with van der Waals surface area (Å²) in [5.41, 5.74) is 4.04. The molecule has 5 heterocycles. The van der Waals surface area contributed by atoms with E-state index in [0.717, 1.165) is 73.7 Å². The summed E-state index contributed by atoms with van der Waals surface area (Å²) in [5, 5.41) is 16.0. The average molecular weight is 923 g/mol. The van der Waals surface area contributed by atoms with Gasteiger partial charge in [-0.1, -0.05) is 12.8 Å². The van der Waals surface area contributed by atoms with E-state index in [4.69, 9.17) is 14.5 Å². The number of ether oxygens (including phenoxy) is 2. The van der Waals surface area contributed by atoms with Crippen LogP contribution in [0.2, 0.25) is 0 Å². The number of anilines is 5. The lowest BCUT2D eigenvalue weighted by Crippen LogP contribution is -2.49. The number of thiazole rings is 1. The lowest BCUT2D eigenvalue weighted by molar-refractivity contribution is -0.122. The van der Waals surface area contributed by atoms with Crippen molar-refractivity contribution in [3.8, 4) is 0 Å². The number of nitrogens with one attached hydrogen (secondary N) is 5. The topological polar surface area (TPSA) is 227 Å². The molecule has 2 fully saturated rings. The van der Waals surface area contributed by atoms with Crippen LogP contribution in [0.15, 0.2) is 53.7 Å². The minimum absolute atomic E-state index is 0.00480. The van der Waals surface area contributed by atoms with E-state index in [9.17, 15) is 24.0 Å². The van der Waals surface area contributed by atoms with Gasteiger partial charge in [0.15, 0.2) is 10.9 Å². The molecule has 0 bridgehead atoms. The Morgan fingerprint density at radius 3 is 2.21 bits per heavy atom. The molecular formula is C46H58N12O7S. The zero-order valence-corrected chi connectivity index (χ0v) is 38.7. The lowest BCUT2D eigenvalue weighted by atomic mass is 10.0. The fourth-order valence-corrected chi connectivity index (χ4v) is 8.85. The summed E-state index contributed by atoms with van der Waals surface area (Å²) >= 11 is 1.41. The molecule has 2 aliphatic rings. The number of Topliss-reactive ketones (excluding diaryl/α,β-unsaturated/α-hetero) is 1. The molecule has 0 spiro atoms. The smallest absolute Gasteiger partial charge is 0.263 e. The van der Waals surface area contributed by atoms with Crippen molar-refractivity contribution in [1.29, 1.82) is 0 Å². The van der Waals surface area contributed by atoms with E-state index >= 15 is 0 Å². The maximum atomic E-state index is 13.6. The monoisotopic (exact) mass is 922 g/mol. The summed E-state index contributed by atoms with van der Waals surface area (Å²) < 4.78 is 12.8. The van der Waals surface area contributed by atoms with Crippen LogP contribution in [0, 0.1) is 20.8 Å². The number of hydrogen-bond donors (Lipinski definition) is 5. The standard InChI is InChI=1S/C46H58N12O7S/c1-29-23-33(9-11-36(29)43(62)55-46-52-24-30(2)66-46)49-27-39(60)47-13-19-64-21-22-65-20-14-48-40(61)28-56-15-17-57(18-16-56)35-10-12-38(50-25-35)53-45-51-26-37-31(3)41(32(4)59)44(63)58(42(37)54-45)34-7-5-6-8-34/h9-12,23-26,34,49H,5-8,13-22,27-28H2,1-4H3,(H,47,60)(H,48,61)(H,52,55,62)(H,50,51,53,54). The summed E-state index contributed by atoms with van der Waals surface area (Å²) in [6.45, 7) is 12.4. The van der Waals surface area contributed by atoms with Gasteiger partial charge in [-0.15, -0.1) is 11.3 Å². The maximum Gasteiger partial charge on any atom is 0.263 e. The quantitative estimate of drug-likeness (QED) is 0.0509. The highest BCUT2D eigenvalue weighted by Gasteiger charge is 2.26. The first-order valence-electron chi connectivity index (χ1n) is 22.3. The van der Waals surface area contributed by atoms with E-state index < -0.39 is 0 Å². The molecular weight excluding hydrogens is 865 g/mol. The SMILES string of the molecule is CC(=O)c1c(C)c2cnc(Nc3ccc(N4CCN(CC(=O)NCCOCCOCCNC(=O)CNc5ccc(C(=O)Nc6ncc(C)s6)c(C)c5)CC4)cn3)nc2n(C2CCCC2)c1=O. The summed E-state index contributed by atoms with van der Waals surface area (Å²) in [5.74, 6) is 0.146. The van der Waals surface area contributed by atoms with Crippen LogP contribution >= 0.6 is 11.3 Å². The summed E-state index contributed by atoms with van der Waals surface area (Å²) in [6, 6.07) is 9.15. The summed E-state index contributed by atoms with van der Waals surface area (Å²) in [7, 11) is 0. The minimum Gasteiger partial charge on any atom is -0.377 e. The number of rotatable bonds is 21. The average Bonchev–Trinajstić information content (AvgIpc) is 3.98. The first-order valence-corrected chi connectivity index (χ1v) is 23.2. The van der Waals surface area contributed by atoms with Gasteiger partial charge in [0, 0.05) is 79.2 Å². The predicted molar refractivity (Wildman–Crippen MR) is 254 cm³/mol. The molecule has 66 heavy (non-hydrogen) atoms. The molecule has 1 aromatic carbocycles. The van der Waals surface area contributed by atoms with Gasteiger partial charge in [0.2, 0.25) is 17.8 Å². The highest BCUT2D eigenvalue weighted by atomic mass is 32.1. The van der Waals surface area contributed by atoms with Gasteiger partial charge in [0.05, 0.1) is 57.0 Å². The third-order valence-corrected chi connectivity index (χ3v) is 12.4. The molecule has 1 aliphatic carbocycles. The zero-order chi connectivity index (χ0) is 46.6. The third kappa shape index (κ3) is 12.5. The van der Waals surface area contributed by atoms with Gasteiger partial charge < -0.3 is 35.6 Å². The van der Waals surface area contributed by atoms with Crippen molar-refractivity contribution in [2.75, 3.05) is 99.6 Å². The van der Waals surface area contributed by atoms with E-state index in [0.29, 0.717) is 85.1 Å². The fraction of sp³-hybridized carbons (Fsp3) is 0.457. The second-order valence-corrected chi connectivity index (χ2v) is 17.7. The van der Waals surface area contributed by atoms with Gasteiger partial charge in [-0.05, 0) is 82.0 Å². The third-order valence-electron chi connectivity index (χ3n) is 11.6. The molecule has 0 atom stereocenters. The number of carbonyl (C=O) groups excluding carboxylic acids is 4. The molecule has 350 valence electrons. The van der Waals surface area contributed by atoms with Crippen LogP contribution < -0.4 is 37.0 Å². The Kier molecular flexibility index (Phi) is 16.4. The Labute approximate surface area is 387 Å². The highest BCUT2D eigenvalue weighted by Crippen LogP contribution is 2.32. The molecule has 1 aliphatic heterocycles. The molecule has 0 unspecified atom stereocenters. The number of hydrogen-bond acceptors (Lipinski definition) is 16. The van der Waals surface area contributed by atoms with Crippen molar-refractivity contribution in [3.63, 3.8) is 0 Å². The zero-order valence-electron chi connectivity index (χ0n) is 37.9. The van der Waals surface area contributed by atoms with E-state index in [2.05, 4.69) is 51.3 Å². The van der Waals surface area contributed by atoms with Crippen LogP contribution in [-0.2, 0) is 19.1 Å². The van der Waals surface area contributed by atoms with Crippen molar-refractivity contribution >= 4 is 74.1 Å². The van der Waals surface area contributed by atoms with Crippen LogP contribution in [-0.4, -0.2) is 132 Å². The molecule has 5 aromatic rings. The number of ketones is 1. The number of aryl methyl sites for hydroxylation is 3. The molecule has 20 heteroatoms. The predicted octanol–water partition coefficient (Wildman–Crippen LogP) is 4.38. The van der Waals surface area contributed by atoms with E-state index in [1.54, 1.807) is 42.2 Å². The number of aromatic nitrogens is 5. The second kappa shape index (κ2) is 22.7. The Morgan fingerprint density at radius 2 is 1.56 bits per heavy atom. The van der Waals surface area contributed by atoms with Crippen LogP contribution in [0.5, 0.6) is 0 Å². The fourth-order valence-electron chi connectivity index (χ4n) is 8.19. The normalized spacial score (nSPS) is 14.3. The van der Waals surface area contributed by atoms with Gasteiger partial charge in [-0.3, -0.25) is 38.8 Å². The molecule has 1 saturated heterocycles. The number of nitrogens with zero attached hydrogens (tertiary/aromatic N) is 7. The van der Waals surface area contributed by atoms with Crippen LogP contribution in [0.4, 0.5) is 28.3 Å². The number of carbonyl (C=O) groups is 4. The van der Waals surface area contributed by atoms with Gasteiger partial charge in [-0.25, -0.2) is 15.0 Å².